The van der Waals surface area contributed by atoms with Gasteiger partial charge in [-0.3, -0.25) is 9.59 Å². The number of nitrogens with zero attached hydrogens (tertiary/aromatic N) is 1. The van der Waals surface area contributed by atoms with Crippen LogP contribution in [0.3, 0.4) is 0 Å². The van der Waals surface area contributed by atoms with Crippen LogP contribution in [-0.4, -0.2) is 43.4 Å². The standard InChI is InChI=1S/C13H15NO5S/c1-2-14(10-13(16)17)12(15)8-9-20(18,19)11-6-4-3-5-7-11/h3-9H,2,10H2,1H3,(H,16,17)/b9-8+. The summed E-state index contributed by atoms with van der Waals surface area (Å²) in [5.41, 5.74) is 0. The summed E-state index contributed by atoms with van der Waals surface area (Å²) in [4.78, 5) is 23.4. The second kappa shape index (κ2) is 6.85. The van der Waals surface area contributed by atoms with E-state index in [0.717, 1.165) is 16.4 Å². The van der Waals surface area contributed by atoms with Crippen molar-refractivity contribution >= 4 is 21.7 Å². The quantitative estimate of drug-likeness (QED) is 0.788. The largest absolute Gasteiger partial charge is 0.480 e. The average Bonchev–Trinajstić information content (AvgIpc) is 2.43. The molecule has 108 valence electrons. The minimum absolute atomic E-state index is 0.0744. The maximum atomic E-state index is 11.9. The molecule has 0 aliphatic rings. The first-order chi connectivity index (χ1) is 9.36. The Labute approximate surface area is 117 Å². The van der Waals surface area contributed by atoms with E-state index in [9.17, 15) is 18.0 Å². The van der Waals surface area contributed by atoms with Gasteiger partial charge in [-0.25, -0.2) is 8.42 Å². The number of likely N-dealkylation sites (N-methyl/N-ethyl adjacent to an activating group) is 1. The number of carbonyl (C=O) groups is 2. The predicted molar refractivity (Wildman–Crippen MR) is 72.7 cm³/mol. The van der Waals surface area contributed by atoms with Crippen molar-refractivity contribution in [2.75, 3.05) is 13.1 Å². The van der Waals surface area contributed by atoms with E-state index in [1.165, 1.54) is 12.1 Å². The van der Waals surface area contributed by atoms with Gasteiger partial charge in [0.25, 0.3) is 0 Å². The summed E-state index contributed by atoms with van der Waals surface area (Å²) in [5, 5.41) is 9.42. The summed E-state index contributed by atoms with van der Waals surface area (Å²) < 4.78 is 23.8. The van der Waals surface area contributed by atoms with Crippen molar-refractivity contribution in [1.29, 1.82) is 0 Å². The van der Waals surface area contributed by atoms with Gasteiger partial charge in [0.1, 0.15) is 6.54 Å². The molecule has 0 radical (unpaired) electrons. The normalized spacial score (nSPS) is 11.4. The molecular formula is C13H15NO5S. The van der Waals surface area contributed by atoms with Gasteiger partial charge in [-0.05, 0) is 19.1 Å². The molecule has 0 aliphatic heterocycles. The topological polar surface area (TPSA) is 91.8 Å². The molecule has 0 aromatic heterocycles. The molecule has 6 nitrogen and oxygen atoms in total. The van der Waals surface area contributed by atoms with E-state index in [2.05, 4.69) is 0 Å². The van der Waals surface area contributed by atoms with Gasteiger partial charge in [-0.1, -0.05) is 18.2 Å². The third kappa shape index (κ3) is 4.51. The minimum atomic E-state index is -3.70. The molecule has 1 amide bonds. The van der Waals surface area contributed by atoms with Crippen molar-refractivity contribution in [3.05, 3.63) is 41.8 Å². The monoisotopic (exact) mass is 297 g/mol. The van der Waals surface area contributed by atoms with Crippen LogP contribution in [0, 0.1) is 0 Å². The van der Waals surface area contributed by atoms with Crippen LogP contribution in [0.5, 0.6) is 0 Å². The van der Waals surface area contributed by atoms with Crippen LogP contribution in [-0.2, 0) is 19.4 Å². The Balaban J connectivity index is 2.86. The molecular weight excluding hydrogens is 282 g/mol. The van der Waals surface area contributed by atoms with Gasteiger partial charge < -0.3 is 10.0 Å². The molecule has 0 unspecified atom stereocenters. The number of carboxylic acid groups (broad SMARTS) is 1. The van der Waals surface area contributed by atoms with E-state index >= 15 is 0 Å². The molecule has 1 aromatic carbocycles. The number of rotatable bonds is 6. The maximum absolute atomic E-state index is 11.9. The minimum Gasteiger partial charge on any atom is -0.480 e. The highest BCUT2D eigenvalue weighted by Gasteiger charge is 2.14. The number of sulfone groups is 1. The molecule has 1 rings (SSSR count). The van der Waals surface area contributed by atoms with Crippen LogP contribution in [0.1, 0.15) is 6.92 Å². The Morgan fingerprint density at radius 2 is 1.85 bits per heavy atom. The maximum Gasteiger partial charge on any atom is 0.323 e. The van der Waals surface area contributed by atoms with Gasteiger partial charge in [0.05, 0.1) is 4.90 Å². The van der Waals surface area contributed by atoms with Crippen LogP contribution in [0.15, 0.2) is 46.7 Å². The van der Waals surface area contributed by atoms with E-state index in [1.54, 1.807) is 25.1 Å². The fourth-order valence-electron chi connectivity index (χ4n) is 1.45. The van der Waals surface area contributed by atoms with E-state index in [1.807, 2.05) is 0 Å². The van der Waals surface area contributed by atoms with Crippen LogP contribution in [0.25, 0.3) is 0 Å². The molecule has 0 aliphatic carbocycles. The molecule has 0 atom stereocenters. The van der Waals surface area contributed by atoms with Crippen LogP contribution < -0.4 is 0 Å². The molecule has 0 saturated carbocycles. The molecule has 0 spiro atoms. The van der Waals surface area contributed by atoms with Gasteiger partial charge in [0.15, 0.2) is 9.84 Å². The van der Waals surface area contributed by atoms with Crippen LogP contribution >= 0.6 is 0 Å². The van der Waals surface area contributed by atoms with Crippen molar-refractivity contribution in [3.63, 3.8) is 0 Å². The average molecular weight is 297 g/mol. The third-order valence-electron chi connectivity index (χ3n) is 2.48. The van der Waals surface area contributed by atoms with Crippen molar-refractivity contribution < 1.29 is 23.1 Å². The summed E-state index contributed by atoms with van der Waals surface area (Å²) in [5.74, 6) is -1.81. The number of amides is 1. The second-order valence-electron chi connectivity index (χ2n) is 3.91. The van der Waals surface area contributed by atoms with Crippen LogP contribution in [0.2, 0.25) is 0 Å². The van der Waals surface area contributed by atoms with Gasteiger partial charge in [0.2, 0.25) is 5.91 Å². The Morgan fingerprint density at radius 3 is 2.35 bits per heavy atom. The number of carbonyl (C=O) groups excluding carboxylic acids is 1. The number of hydrogen-bond donors (Lipinski definition) is 1. The molecule has 1 N–H and O–H groups in total. The smallest absolute Gasteiger partial charge is 0.323 e. The lowest BCUT2D eigenvalue weighted by atomic mass is 10.4. The molecule has 1 aromatic rings. The first-order valence-electron chi connectivity index (χ1n) is 5.85. The SMILES string of the molecule is CCN(CC(=O)O)C(=O)/C=C/S(=O)(=O)c1ccccc1. The summed E-state index contributed by atoms with van der Waals surface area (Å²) in [6, 6.07) is 7.66. The summed E-state index contributed by atoms with van der Waals surface area (Å²) in [6.45, 7) is 1.33. The fraction of sp³-hybridized carbons (Fsp3) is 0.231. The van der Waals surface area contributed by atoms with Gasteiger partial charge in [-0.15, -0.1) is 0 Å². The number of benzene rings is 1. The first-order valence-corrected chi connectivity index (χ1v) is 7.40. The van der Waals surface area contributed by atoms with Crippen molar-refractivity contribution in [2.24, 2.45) is 0 Å². The molecule has 0 bridgehead atoms. The number of carboxylic acids is 1. The summed E-state index contributed by atoms with van der Waals surface area (Å²) in [6.07, 6.45) is 0.870. The molecule has 0 fully saturated rings. The lowest BCUT2D eigenvalue weighted by molar-refractivity contribution is -0.142. The molecule has 0 heterocycles. The Kier molecular flexibility index (Phi) is 5.45. The zero-order valence-electron chi connectivity index (χ0n) is 10.9. The predicted octanol–water partition coefficient (Wildman–Crippen LogP) is 0.907. The summed E-state index contributed by atoms with van der Waals surface area (Å²) in [7, 11) is -3.70. The highest BCUT2D eigenvalue weighted by atomic mass is 32.2. The number of aliphatic carboxylic acids is 1. The van der Waals surface area contributed by atoms with E-state index in [4.69, 9.17) is 5.11 Å². The van der Waals surface area contributed by atoms with Crippen molar-refractivity contribution in [3.8, 4) is 0 Å². The fourth-order valence-corrected chi connectivity index (χ4v) is 2.44. The van der Waals surface area contributed by atoms with Gasteiger partial charge >= 0.3 is 5.97 Å². The van der Waals surface area contributed by atoms with Crippen LogP contribution in [0.4, 0.5) is 0 Å². The Morgan fingerprint density at radius 1 is 1.25 bits per heavy atom. The lowest BCUT2D eigenvalue weighted by Crippen LogP contribution is -2.34. The molecule has 0 saturated heterocycles. The lowest BCUT2D eigenvalue weighted by Gasteiger charge is -2.15. The van der Waals surface area contributed by atoms with E-state index in [0.29, 0.717) is 0 Å². The van der Waals surface area contributed by atoms with Crippen molar-refractivity contribution in [2.45, 2.75) is 11.8 Å². The zero-order valence-corrected chi connectivity index (χ0v) is 11.7. The second-order valence-corrected chi connectivity index (χ2v) is 5.74. The highest BCUT2D eigenvalue weighted by molar-refractivity contribution is 7.94. The molecule has 20 heavy (non-hydrogen) atoms. The Hall–Kier alpha value is -2.15. The summed E-state index contributed by atoms with van der Waals surface area (Å²) >= 11 is 0. The number of hydrogen-bond acceptors (Lipinski definition) is 4. The third-order valence-corrected chi connectivity index (χ3v) is 3.90. The van der Waals surface area contributed by atoms with E-state index < -0.39 is 28.3 Å². The Bertz CT molecular complexity index is 607. The van der Waals surface area contributed by atoms with Gasteiger partial charge in [-0.2, -0.15) is 0 Å². The first kappa shape index (κ1) is 15.9. The zero-order chi connectivity index (χ0) is 15.2. The molecule has 7 heteroatoms. The van der Waals surface area contributed by atoms with Gasteiger partial charge in [0, 0.05) is 18.0 Å². The highest BCUT2D eigenvalue weighted by Crippen LogP contribution is 2.11. The van der Waals surface area contributed by atoms with E-state index in [-0.39, 0.29) is 11.4 Å². The van der Waals surface area contributed by atoms with Crippen molar-refractivity contribution in [1.82, 2.24) is 4.90 Å².